The van der Waals surface area contributed by atoms with Crippen molar-refractivity contribution in [3.63, 3.8) is 0 Å². The molecule has 1 amide bonds. The van der Waals surface area contributed by atoms with E-state index in [0.717, 1.165) is 43.4 Å². The lowest BCUT2D eigenvalue weighted by molar-refractivity contribution is -0.129. The van der Waals surface area contributed by atoms with E-state index in [4.69, 9.17) is 4.74 Å². The van der Waals surface area contributed by atoms with Crippen molar-refractivity contribution < 1.29 is 9.53 Å². The number of carbonyl (C=O) groups excluding carboxylic acids is 1. The smallest absolute Gasteiger partial charge is 0.229 e. The molecule has 7 nitrogen and oxygen atoms in total. The topological polar surface area (TPSA) is 70.6 Å². The molecule has 0 atom stereocenters. The van der Waals surface area contributed by atoms with Crippen LogP contribution in [0.1, 0.15) is 13.8 Å². The standard InChI is InChI=1S/C18H23N5O2/c1-3-25-16-7-5-4-6-15(16)20-18-19-9-8-17(21-18)23-12-10-22(11-13-23)14(2)24/h4-9H,3,10-13H2,1-2H3,(H,19,20,21). The highest BCUT2D eigenvalue weighted by Crippen LogP contribution is 2.26. The van der Waals surface area contributed by atoms with Crippen LogP contribution in [0.25, 0.3) is 0 Å². The van der Waals surface area contributed by atoms with Gasteiger partial charge in [-0.1, -0.05) is 12.1 Å². The Hall–Kier alpha value is -2.83. The fourth-order valence-corrected chi connectivity index (χ4v) is 2.81. The summed E-state index contributed by atoms with van der Waals surface area (Å²) in [6, 6.07) is 9.62. The van der Waals surface area contributed by atoms with E-state index < -0.39 is 0 Å². The van der Waals surface area contributed by atoms with Crippen LogP contribution >= 0.6 is 0 Å². The van der Waals surface area contributed by atoms with Gasteiger partial charge in [0.2, 0.25) is 11.9 Å². The second-order valence-corrected chi connectivity index (χ2v) is 5.79. The van der Waals surface area contributed by atoms with E-state index in [0.29, 0.717) is 12.6 Å². The Morgan fingerprint density at radius 2 is 1.96 bits per heavy atom. The fraction of sp³-hybridized carbons (Fsp3) is 0.389. The minimum atomic E-state index is 0.122. The predicted molar refractivity (Wildman–Crippen MR) is 97.4 cm³/mol. The van der Waals surface area contributed by atoms with Gasteiger partial charge >= 0.3 is 0 Å². The Morgan fingerprint density at radius 3 is 2.68 bits per heavy atom. The number of anilines is 3. The molecular weight excluding hydrogens is 318 g/mol. The molecule has 1 saturated heterocycles. The van der Waals surface area contributed by atoms with Gasteiger partial charge in [-0.2, -0.15) is 4.98 Å². The van der Waals surface area contributed by atoms with E-state index in [-0.39, 0.29) is 5.91 Å². The molecule has 1 fully saturated rings. The molecule has 0 unspecified atom stereocenters. The maximum absolute atomic E-state index is 11.4. The van der Waals surface area contributed by atoms with Gasteiger partial charge in [-0.25, -0.2) is 4.98 Å². The van der Waals surface area contributed by atoms with Gasteiger partial charge < -0.3 is 19.9 Å². The van der Waals surface area contributed by atoms with Crippen molar-refractivity contribution in [2.24, 2.45) is 0 Å². The van der Waals surface area contributed by atoms with Gasteiger partial charge in [0, 0.05) is 39.3 Å². The highest BCUT2D eigenvalue weighted by Gasteiger charge is 2.19. The molecule has 0 aliphatic carbocycles. The number of nitrogens with zero attached hydrogens (tertiary/aromatic N) is 4. The van der Waals surface area contributed by atoms with Gasteiger partial charge in [-0.15, -0.1) is 0 Å². The molecule has 2 heterocycles. The fourth-order valence-electron chi connectivity index (χ4n) is 2.81. The highest BCUT2D eigenvalue weighted by molar-refractivity contribution is 5.73. The van der Waals surface area contributed by atoms with Crippen LogP contribution in [0, 0.1) is 0 Å². The second-order valence-electron chi connectivity index (χ2n) is 5.79. The lowest BCUT2D eigenvalue weighted by Crippen LogP contribution is -2.48. The van der Waals surface area contributed by atoms with Crippen LogP contribution in [0.2, 0.25) is 0 Å². The minimum absolute atomic E-state index is 0.122. The molecule has 1 aliphatic rings. The minimum Gasteiger partial charge on any atom is -0.492 e. The van der Waals surface area contributed by atoms with E-state index in [1.54, 1.807) is 13.1 Å². The monoisotopic (exact) mass is 341 g/mol. The zero-order valence-electron chi connectivity index (χ0n) is 14.6. The van der Waals surface area contributed by atoms with Gasteiger partial charge in [0.15, 0.2) is 0 Å². The first-order valence-electron chi connectivity index (χ1n) is 8.49. The Balaban J connectivity index is 1.71. The van der Waals surface area contributed by atoms with E-state index in [2.05, 4.69) is 20.2 Å². The van der Waals surface area contributed by atoms with Crippen molar-refractivity contribution in [2.75, 3.05) is 43.0 Å². The number of aromatic nitrogens is 2. The molecule has 0 bridgehead atoms. The van der Waals surface area contributed by atoms with Gasteiger partial charge in [0.05, 0.1) is 12.3 Å². The normalized spacial score (nSPS) is 14.3. The molecule has 0 saturated carbocycles. The van der Waals surface area contributed by atoms with Crippen LogP contribution < -0.4 is 15.0 Å². The molecule has 7 heteroatoms. The summed E-state index contributed by atoms with van der Waals surface area (Å²) in [5.74, 6) is 2.28. The SMILES string of the molecule is CCOc1ccccc1Nc1nccc(N2CCN(C(C)=O)CC2)n1. The second kappa shape index (κ2) is 7.83. The number of hydrogen-bond acceptors (Lipinski definition) is 6. The van der Waals surface area contributed by atoms with Crippen molar-refractivity contribution in [3.8, 4) is 5.75 Å². The van der Waals surface area contributed by atoms with Crippen molar-refractivity contribution in [1.82, 2.24) is 14.9 Å². The van der Waals surface area contributed by atoms with Gasteiger partial charge in [0.1, 0.15) is 11.6 Å². The number of ether oxygens (including phenoxy) is 1. The van der Waals surface area contributed by atoms with Gasteiger partial charge in [0.25, 0.3) is 0 Å². The first kappa shape index (κ1) is 17.0. The average Bonchev–Trinajstić information content (AvgIpc) is 2.64. The number of benzene rings is 1. The van der Waals surface area contributed by atoms with Crippen molar-refractivity contribution in [1.29, 1.82) is 0 Å². The molecule has 1 N–H and O–H groups in total. The van der Waals surface area contributed by atoms with Crippen LogP contribution in [0.4, 0.5) is 17.5 Å². The zero-order chi connectivity index (χ0) is 17.6. The third-order valence-corrected chi connectivity index (χ3v) is 4.12. The van der Waals surface area contributed by atoms with Crippen molar-refractivity contribution in [3.05, 3.63) is 36.5 Å². The lowest BCUT2D eigenvalue weighted by Gasteiger charge is -2.34. The Bertz CT molecular complexity index is 729. The van der Waals surface area contributed by atoms with Crippen LogP contribution in [0.15, 0.2) is 36.5 Å². The highest BCUT2D eigenvalue weighted by atomic mass is 16.5. The molecule has 25 heavy (non-hydrogen) atoms. The number of nitrogens with one attached hydrogen (secondary N) is 1. The summed E-state index contributed by atoms with van der Waals surface area (Å²) in [7, 11) is 0. The molecule has 2 aromatic rings. The molecule has 132 valence electrons. The summed E-state index contributed by atoms with van der Waals surface area (Å²) in [4.78, 5) is 24.4. The van der Waals surface area contributed by atoms with E-state index in [9.17, 15) is 4.79 Å². The molecule has 1 aromatic carbocycles. The summed E-state index contributed by atoms with van der Waals surface area (Å²) in [6.45, 7) is 7.13. The van der Waals surface area contributed by atoms with Gasteiger partial charge in [-0.3, -0.25) is 4.79 Å². The molecule has 0 radical (unpaired) electrons. The molecule has 0 spiro atoms. The third kappa shape index (κ3) is 4.17. The third-order valence-electron chi connectivity index (χ3n) is 4.12. The van der Waals surface area contributed by atoms with Crippen molar-refractivity contribution in [2.45, 2.75) is 13.8 Å². The van der Waals surface area contributed by atoms with Crippen LogP contribution in [0.3, 0.4) is 0 Å². The number of rotatable bonds is 5. The van der Waals surface area contributed by atoms with E-state index in [1.807, 2.05) is 42.2 Å². The largest absolute Gasteiger partial charge is 0.492 e. The van der Waals surface area contributed by atoms with Crippen LogP contribution in [0.5, 0.6) is 5.75 Å². The lowest BCUT2D eigenvalue weighted by atomic mass is 10.3. The number of hydrogen-bond donors (Lipinski definition) is 1. The predicted octanol–water partition coefficient (Wildman–Crippen LogP) is 2.29. The number of piperazine rings is 1. The number of amides is 1. The van der Waals surface area contributed by atoms with E-state index in [1.165, 1.54) is 0 Å². The molecule has 1 aliphatic heterocycles. The molecule has 1 aromatic heterocycles. The number of para-hydroxylation sites is 2. The maximum Gasteiger partial charge on any atom is 0.229 e. The average molecular weight is 341 g/mol. The molecular formula is C18H23N5O2. The number of carbonyl (C=O) groups is 1. The quantitative estimate of drug-likeness (QED) is 0.900. The summed E-state index contributed by atoms with van der Waals surface area (Å²) >= 11 is 0. The summed E-state index contributed by atoms with van der Waals surface area (Å²) < 4.78 is 5.62. The first-order valence-corrected chi connectivity index (χ1v) is 8.49. The summed E-state index contributed by atoms with van der Waals surface area (Å²) in [6.07, 6.45) is 1.74. The zero-order valence-corrected chi connectivity index (χ0v) is 14.6. The maximum atomic E-state index is 11.4. The van der Waals surface area contributed by atoms with Crippen LogP contribution in [-0.2, 0) is 4.79 Å². The van der Waals surface area contributed by atoms with Crippen LogP contribution in [-0.4, -0.2) is 53.6 Å². The summed E-state index contributed by atoms with van der Waals surface area (Å²) in [5, 5.41) is 3.23. The Morgan fingerprint density at radius 1 is 1.20 bits per heavy atom. The Kier molecular flexibility index (Phi) is 5.33. The van der Waals surface area contributed by atoms with Crippen molar-refractivity contribution >= 4 is 23.4 Å². The summed E-state index contributed by atoms with van der Waals surface area (Å²) in [5.41, 5.74) is 0.836. The van der Waals surface area contributed by atoms with E-state index >= 15 is 0 Å². The Labute approximate surface area is 147 Å². The molecule has 3 rings (SSSR count). The van der Waals surface area contributed by atoms with Gasteiger partial charge in [-0.05, 0) is 25.1 Å². The first-order chi connectivity index (χ1) is 12.2.